The van der Waals surface area contributed by atoms with Crippen LogP contribution in [0.15, 0.2) is 61.1 Å². The molecule has 0 atom stereocenters. The SMILES string of the molecule is Cc1c(C(=O)Nc2ccc(-n3cnc4ccccc43)nc2)sc2nc(C(F)(F)F)ccc12. The average Bonchev–Trinajstić information content (AvgIpc) is 3.35. The van der Waals surface area contributed by atoms with Gasteiger partial charge in [0, 0.05) is 5.39 Å². The second-order valence-corrected chi connectivity index (χ2v) is 8.06. The number of carbonyl (C=O) groups excluding carboxylic acids is 1. The van der Waals surface area contributed by atoms with Gasteiger partial charge in [-0.3, -0.25) is 9.36 Å². The van der Waals surface area contributed by atoms with E-state index in [1.807, 2.05) is 28.8 Å². The summed E-state index contributed by atoms with van der Waals surface area (Å²) in [4.78, 5) is 25.7. The van der Waals surface area contributed by atoms with Crippen molar-refractivity contribution in [3.63, 3.8) is 0 Å². The highest BCUT2D eigenvalue weighted by Gasteiger charge is 2.33. The number of nitrogens with one attached hydrogen (secondary N) is 1. The zero-order valence-corrected chi connectivity index (χ0v) is 17.3. The van der Waals surface area contributed by atoms with Crippen LogP contribution in [-0.4, -0.2) is 25.4 Å². The first kappa shape index (κ1) is 20.1. The lowest BCUT2D eigenvalue weighted by atomic mass is 10.1. The van der Waals surface area contributed by atoms with Crippen LogP contribution >= 0.6 is 11.3 Å². The molecular formula is C22H14F3N5OS. The first-order chi connectivity index (χ1) is 15.3. The van der Waals surface area contributed by atoms with Crippen LogP contribution in [0.2, 0.25) is 0 Å². The molecule has 0 aliphatic rings. The number of imidazole rings is 1. The van der Waals surface area contributed by atoms with E-state index in [1.165, 1.54) is 12.3 Å². The average molecular weight is 453 g/mol. The highest BCUT2D eigenvalue weighted by Crippen LogP contribution is 2.34. The van der Waals surface area contributed by atoms with Crippen molar-refractivity contribution in [1.82, 2.24) is 19.5 Å². The van der Waals surface area contributed by atoms with Gasteiger partial charge in [0.25, 0.3) is 5.91 Å². The molecule has 5 rings (SSSR count). The van der Waals surface area contributed by atoms with E-state index in [1.54, 1.807) is 25.4 Å². The molecule has 0 saturated carbocycles. The summed E-state index contributed by atoms with van der Waals surface area (Å²) >= 11 is 0.928. The Bertz CT molecular complexity index is 1470. The molecule has 1 N–H and O–H groups in total. The number of fused-ring (bicyclic) bond motifs is 2. The number of nitrogens with zero attached hydrogens (tertiary/aromatic N) is 4. The number of anilines is 1. The van der Waals surface area contributed by atoms with Crippen LogP contribution < -0.4 is 5.32 Å². The topological polar surface area (TPSA) is 72.7 Å². The fraction of sp³-hybridized carbons (Fsp3) is 0.0909. The van der Waals surface area contributed by atoms with Crippen molar-refractivity contribution in [2.24, 2.45) is 0 Å². The van der Waals surface area contributed by atoms with Crippen molar-refractivity contribution in [2.75, 3.05) is 5.32 Å². The summed E-state index contributed by atoms with van der Waals surface area (Å²) in [5.41, 5.74) is 1.81. The number of benzene rings is 1. The second kappa shape index (κ2) is 7.41. The Labute approximate surface area is 183 Å². The molecule has 0 saturated heterocycles. The Morgan fingerprint density at radius 1 is 1.06 bits per heavy atom. The number of hydrogen-bond acceptors (Lipinski definition) is 5. The number of alkyl halides is 3. The molecule has 0 aliphatic heterocycles. The third kappa shape index (κ3) is 3.48. The minimum Gasteiger partial charge on any atom is -0.320 e. The molecule has 1 aromatic carbocycles. The van der Waals surface area contributed by atoms with Gasteiger partial charge in [-0.25, -0.2) is 15.0 Å². The highest BCUT2D eigenvalue weighted by atomic mass is 32.1. The van der Waals surface area contributed by atoms with Gasteiger partial charge in [-0.15, -0.1) is 11.3 Å². The maximum absolute atomic E-state index is 12.9. The van der Waals surface area contributed by atoms with Gasteiger partial charge < -0.3 is 5.32 Å². The first-order valence-corrected chi connectivity index (χ1v) is 10.3. The zero-order valence-electron chi connectivity index (χ0n) is 16.5. The molecule has 10 heteroatoms. The summed E-state index contributed by atoms with van der Waals surface area (Å²) in [6, 6.07) is 13.4. The fourth-order valence-electron chi connectivity index (χ4n) is 3.41. The number of rotatable bonds is 3. The molecule has 0 bridgehead atoms. The van der Waals surface area contributed by atoms with Crippen LogP contribution in [0.1, 0.15) is 20.9 Å². The lowest BCUT2D eigenvalue weighted by Crippen LogP contribution is -2.11. The van der Waals surface area contributed by atoms with Crippen LogP contribution in [0.25, 0.3) is 27.1 Å². The molecule has 4 aromatic heterocycles. The fourth-order valence-corrected chi connectivity index (χ4v) is 4.48. The van der Waals surface area contributed by atoms with E-state index in [0.29, 0.717) is 27.3 Å². The summed E-state index contributed by atoms with van der Waals surface area (Å²) < 4.78 is 40.7. The monoisotopic (exact) mass is 453 g/mol. The van der Waals surface area contributed by atoms with Crippen LogP contribution in [0.5, 0.6) is 0 Å². The number of para-hydroxylation sites is 2. The predicted molar refractivity (Wildman–Crippen MR) is 116 cm³/mol. The smallest absolute Gasteiger partial charge is 0.320 e. The van der Waals surface area contributed by atoms with E-state index in [4.69, 9.17) is 0 Å². The molecule has 0 spiro atoms. The van der Waals surface area contributed by atoms with E-state index in [9.17, 15) is 18.0 Å². The highest BCUT2D eigenvalue weighted by molar-refractivity contribution is 7.20. The molecule has 0 radical (unpaired) electrons. The molecule has 1 amide bonds. The molecule has 0 aliphatic carbocycles. The van der Waals surface area contributed by atoms with Crippen molar-refractivity contribution in [3.8, 4) is 5.82 Å². The maximum atomic E-state index is 12.9. The molecule has 0 fully saturated rings. The third-order valence-corrected chi connectivity index (χ3v) is 6.21. The Kier molecular flexibility index (Phi) is 4.66. The van der Waals surface area contributed by atoms with E-state index in [-0.39, 0.29) is 4.83 Å². The van der Waals surface area contributed by atoms with Gasteiger partial charge in [0.2, 0.25) is 0 Å². The van der Waals surface area contributed by atoms with Gasteiger partial charge in [-0.2, -0.15) is 13.2 Å². The summed E-state index contributed by atoms with van der Waals surface area (Å²) in [5.74, 6) is 0.209. The Morgan fingerprint density at radius 3 is 2.62 bits per heavy atom. The van der Waals surface area contributed by atoms with Crippen LogP contribution in [0, 0.1) is 6.92 Å². The number of hydrogen-bond donors (Lipinski definition) is 1. The quantitative estimate of drug-likeness (QED) is 0.385. The van der Waals surface area contributed by atoms with Gasteiger partial charge in [0.05, 0.1) is 27.8 Å². The lowest BCUT2D eigenvalue weighted by Gasteiger charge is -2.07. The van der Waals surface area contributed by atoms with Gasteiger partial charge >= 0.3 is 6.18 Å². The van der Waals surface area contributed by atoms with Gasteiger partial charge in [-0.05, 0) is 48.9 Å². The Balaban J connectivity index is 1.40. The number of pyridine rings is 2. The van der Waals surface area contributed by atoms with Crippen LogP contribution in [-0.2, 0) is 6.18 Å². The number of halogens is 3. The van der Waals surface area contributed by atoms with Crippen LogP contribution in [0.3, 0.4) is 0 Å². The maximum Gasteiger partial charge on any atom is 0.433 e. The molecular weight excluding hydrogens is 439 g/mol. The number of aryl methyl sites for hydroxylation is 1. The van der Waals surface area contributed by atoms with Crippen molar-refractivity contribution >= 4 is 44.2 Å². The van der Waals surface area contributed by atoms with E-state index >= 15 is 0 Å². The Morgan fingerprint density at radius 2 is 1.88 bits per heavy atom. The zero-order chi connectivity index (χ0) is 22.5. The molecule has 160 valence electrons. The second-order valence-electron chi connectivity index (χ2n) is 7.07. The number of aromatic nitrogens is 4. The van der Waals surface area contributed by atoms with Gasteiger partial charge in [-0.1, -0.05) is 12.1 Å². The van der Waals surface area contributed by atoms with E-state index in [0.717, 1.165) is 28.4 Å². The van der Waals surface area contributed by atoms with E-state index in [2.05, 4.69) is 20.3 Å². The van der Waals surface area contributed by atoms with E-state index < -0.39 is 17.8 Å². The molecule has 32 heavy (non-hydrogen) atoms. The number of carbonyl (C=O) groups is 1. The summed E-state index contributed by atoms with van der Waals surface area (Å²) in [6.45, 7) is 1.69. The minimum absolute atomic E-state index is 0.169. The van der Waals surface area contributed by atoms with Crippen molar-refractivity contribution in [2.45, 2.75) is 13.1 Å². The standard InChI is InChI=1S/C22H14F3N5OS/c1-12-14-7-8-17(22(23,24)25)29-21(14)32-19(12)20(31)28-13-6-9-18(26-10-13)30-11-27-15-4-2-3-5-16(15)30/h2-11H,1H3,(H,28,31). The molecule has 5 aromatic rings. The first-order valence-electron chi connectivity index (χ1n) is 9.48. The van der Waals surface area contributed by atoms with Gasteiger partial charge in [0.1, 0.15) is 22.7 Å². The molecule has 0 unspecified atom stereocenters. The predicted octanol–water partition coefficient (Wildman–Crippen LogP) is 5.61. The van der Waals surface area contributed by atoms with Crippen molar-refractivity contribution in [3.05, 3.63) is 77.2 Å². The minimum atomic E-state index is -4.54. The van der Waals surface area contributed by atoms with Crippen LogP contribution in [0.4, 0.5) is 18.9 Å². The third-order valence-electron chi connectivity index (χ3n) is 5.01. The summed E-state index contributed by atoms with van der Waals surface area (Å²) in [7, 11) is 0. The van der Waals surface area contributed by atoms with Gasteiger partial charge in [0.15, 0.2) is 0 Å². The largest absolute Gasteiger partial charge is 0.433 e. The van der Waals surface area contributed by atoms with Crippen molar-refractivity contribution in [1.29, 1.82) is 0 Å². The Hall–Kier alpha value is -3.79. The number of thiophene rings is 1. The summed E-state index contributed by atoms with van der Waals surface area (Å²) in [6.07, 6.45) is -1.35. The lowest BCUT2D eigenvalue weighted by molar-refractivity contribution is -0.140. The van der Waals surface area contributed by atoms with Crippen molar-refractivity contribution < 1.29 is 18.0 Å². The molecule has 4 heterocycles. The number of amides is 1. The summed E-state index contributed by atoms with van der Waals surface area (Å²) in [5, 5.41) is 3.27. The normalized spacial score (nSPS) is 11.9. The molecule has 6 nitrogen and oxygen atoms in total.